The summed E-state index contributed by atoms with van der Waals surface area (Å²) in [6, 6.07) is 0. The van der Waals surface area contributed by atoms with Crippen LogP contribution in [0.2, 0.25) is 0 Å². The third kappa shape index (κ3) is 61.2. The van der Waals surface area contributed by atoms with Gasteiger partial charge in [-0.2, -0.15) is 0 Å². The van der Waals surface area contributed by atoms with Crippen LogP contribution >= 0.6 is 0 Å². The molecule has 0 saturated heterocycles. The number of esters is 3. The molecule has 0 N–H and O–H groups in total. The van der Waals surface area contributed by atoms with Crippen LogP contribution in [0.5, 0.6) is 0 Å². The molecule has 0 aliphatic rings. The van der Waals surface area contributed by atoms with Gasteiger partial charge in [-0.3, -0.25) is 14.4 Å². The minimum Gasteiger partial charge on any atom is -0.462 e. The molecular formula is C70H120O6. The first-order valence-electron chi connectivity index (χ1n) is 32.2. The molecule has 0 bridgehead atoms. The zero-order valence-corrected chi connectivity index (χ0v) is 50.0. The van der Waals surface area contributed by atoms with Crippen LogP contribution in [0.3, 0.4) is 0 Å². The number of hydrogen-bond acceptors (Lipinski definition) is 6. The van der Waals surface area contributed by atoms with Crippen molar-refractivity contribution < 1.29 is 28.6 Å². The Kier molecular flexibility index (Phi) is 60.8. The van der Waals surface area contributed by atoms with Crippen molar-refractivity contribution >= 4 is 17.9 Å². The van der Waals surface area contributed by atoms with Crippen LogP contribution in [0.1, 0.15) is 310 Å². The van der Waals surface area contributed by atoms with Crippen molar-refractivity contribution in [3.63, 3.8) is 0 Å². The van der Waals surface area contributed by atoms with Gasteiger partial charge in [-0.25, -0.2) is 0 Å². The molecule has 0 fully saturated rings. The van der Waals surface area contributed by atoms with E-state index in [4.69, 9.17) is 14.2 Å². The Hall–Kier alpha value is -3.67. The molecule has 1 unspecified atom stereocenters. The predicted octanol–water partition coefficient (Wildman–Crippen LogP) is 22.0. The average molecular weight is 1060 g/mol. The molecular weight excluding hydrogens is 937 g/mol. The lowest BCUT2D eigenvalue weighted by Crippen LogP contribution is -2.30. The van der Waals surface area contributed by atoms with Gasteiger partial charge in [-0.05, 0) is 96.3 Å². The van der Waals surface area contributed by atoms with E-state index in [1.807, 2.05) is 0 Å². The highest BCUT2D eigenvalue weighted by Crippen LogP contribution is 2.16. The van der Waals surface area contributed by atoms with E-state index in [9.17, 15) is 14.4 Å². The van der Waals surface area contributed by atoms with Crippen LogP contribution in [-0.2, 0) is 28.6 Å². The molecule has 0 aliphatic carbocycles. The van der Waals surface area contributed by atoms with Crippen molar-refractivity contribution in [3.8, 4) is 0 Å². The highest BCUT2D eigenvalue weighted by atomic mass is 16.6. The predicted molar refractivity (Wildman–Crippen MR) is 330 cm³/mol. The second-order valence-corrected chi connectivity index (χ2v) is 21.3. The number of carbonyl (C=O) groups excluding carboxylic acids is 3. The van der Waals surface area contributed by atoms with Gasteiger partial charge >= 0.3 is 17.9 Å². The van der Waals surface area contributed by atoms with Gasteiger partial charge in [0.25, 0.3) is 0 Å². The summed E-state index contributed by atoms with van der Waals surface area (Å²) in [6.45, 7) is 6.49. The Labute approximate surface area is 470 Å². The summed E-state index contributed by atoms with van der Waals surface area (Å²) in [5.74, 6) is -0.885. The lowest BCUT2D eigenvalue weighted by atomic mass is 10.0. The third-order valence-corrected chi connectivity index (χ3v) is 13.8. The summed E-state index contributed by atoms with van der Waals surface area (Å²) in [7, 11) is 0. The van der Waals surface area contributed by atoms with Crippen LogP contribution in [0.4, 0.5) is 0 Å². The molecule has 0 saturated carbocycles. The summed E-state index contributed by atoms with van der Waals surface area (Å²) >= 11 is 0. The molecule has 0 rings (SSSR count). The SMILES string of the molecule is CC/C=C\C/C=C\C/C=C\C/C=C\C/C=C\C/C=C\CCCCCCCCCCCCCCCCC(=O)OCC(COC(=O)CCCCCCCCCCCCC)OC(=O)CCCCCCC/C=C\C/C=C\CCCC. The number of allylic oxidation sites excluding steroid dienone is 16. The smallest absolute Gasteiger partial charge is 0.306 e. The maximum atomic E-state index is 12.8. The van der Waals surface area contributed by atoms with Gasteiger partial charge in [0.05, 0.1) is 0 Å². The molecule has 0 aliphatic heterocycles. The van der Waals surface area contributed by atoms with Gasteiger partial charge < -0.3 is 14.2 Å². The number of ether oxygens (including phenoxy) is 3. The molecule has 1 atom stereocenters. The Balaban J connectivity index is 4.14. The monoisotopic (exact) mass is 1060 g/mol. The maximum Gasteiger partial charge on any atom is 0.306 e. The van der Waals surface area contributed by atoms with Gasteiger partial charge in [0, 0.05) is 19.3 Å². The highest BCUT2D eigenvalue weighted by Gasteiger charge is 2.19. The Morgan fingerprint density at radius 3 is 0.842 bits per heavy atom. The summed E-state index contributed by atoms with van der Waals surface area (Å²) in [5.41, 5.74) is 0. The molecule has 0 amide bonds. The Morgan fingerprint density at radius 2 is 0.526 bits per heavy atom. The number of hydrogen-bond donors (Lipinski definition) is 0. The second-order valence-electron chi connectivity index (χ2n) is 21.3. The first-order chi connectivity index (χ1) is 37.5. The van der Waals surface area contributed by atoms with Crippen LogP contribution in [0.15, 0.2) is 97.2 Å². The first-order valence-corrected chi connectivity index (χ1v) is 32.2. The third-order valence-electron chi connectivity index (χ3n) is 13.8. The lowest BCUT2D eigenvalue weighted by Gasteiger charge is -2.18. The van der Waals surface area contributed by atoms with Crippen LogP contribution in [0, 0.1) is 0 Å². The minimum absolute atomic E-state index is 0.0791. The molecule has 0 aromatic carbocycles. The first kappa shape index (κ1) is 72.3. The largest absolute Gasteiger partial charge is 0.462 e. The van der Waals surface area contributed by atoms with E-state index in [1.54, 1.807) is 0 Å². The summed E-state index contributed by atoms with van der Waals surface area (Å²) < 4.78 is 16.9. The van der Waals surface area contributed by atoms with E-state index in [0.717, 1.165) is 122 Å². The van der Waals surface area contributed by atoms with Crippen molar-refractivity contribution in [2.75, 3.05) is 13.2 Å². The Morgan fingerprint density at radius 1 is 0.276 bits per heavy atom. The average Bonchev–Trinajstić information content (AvgIpc) is 3.42. The number of unbranched alkanes of at least 4 members (excludes halogenated alkanes) is 31. The molecule has 6 heteroatoms. The van der Waals surface area contributed by atoms with Crippen molar-refractivity contribution in [1.82, 2.24) is 0 Å². The van der Waals surface area contributed by atoms with E-state index in [0.29, 0.717) is 19.3 Å². The van der Waals surface area contributed by atoms with Crippen molar-refractivity contribution in [2.45, 2.75) is 316 Å². The zero-order valence-electron chi connectivity index (χ0n) is 50.0. The van der Waals surface area contributed by atoms with Gasteiger partial charge in [0.1, 0.15) is 13.2 Å². The van der Waals surface area contributed by atoms with E-state index < -0.39 is 6.10 Å². The number of rotatable bonds is 58. The normalized spacial score (nSPS) is 12.7. The molecule has 76 heavy (non-hydrogen) atoms. The molecule has 6 nitrogen and oxygen atoms in total. The van der Waals surface area contributed by atoms with E-state index in [1.165, 1.54) is 148 Å². The fourth-order valence-electron chi connectivity index (χ4n) is 8.99. The summed E-state index contributed by atoms with van der Waals surface area (Å²) in [6.07, 6.45) is 85.7. The second kappa shape index (κ2) is 63.9. The van der Waals surface area contributed by atoms with Crippen LogP contribution < -0.4 is 0 Å². The topological polar surface area (TPSA) is 78.9 Å². The maximum absolute atomic E-state index is 12.8. The summed E-state index contributed by atoms with van der Waals surface area (Å²) in [5, 5.41) is 0. The molecule has 0 aromatic heterocycles. The quantitative estimate of drug-likeness (QED) is 0.0261. The van der Waals surface area contributed by atoms with Crippen molar-refractivity contribution in [3.05, 3.63) is 97.2 Å². The van der Waals surface area contributed by atoms with Crippen molar-refractivity contribution in [1.29, 1.82) is 0 Å². The fourth-order valence-corrected chi connectivity index (χ4v) is 8.99. The summed E-state index contributed by atoms with van der Waals surface area (Å²) in [4.78, 5) is 38.2. The molecule has 0 heterocycles. The fraction of sp³-hybridized carbons (Fsp3) is 0.729. The minimum atomic E-state index is -0.782. The Bertz CT molecular complexity index is 1490. The van der Waals surface area contributed by atoms with E-state index in [-0.39, 0.29) is 31.1 Å². The van der Waals surface area contributed by atoms with Gasteiger partial charge in [-0.15, -0.1) is 0 Å². The van der Waals surface area contributed by atoms with E-state index in [2.05, 4.69) is 118 Å². The molecule has 0 radical (unpaired) electrons. The molecule has 0 spiro atoms. The highest BCUT2D eigenvalue weighted by molar-refractivity contribution is 5.71. The standard InChI is InChI=1S/C70H120O6/c1-4-7-10-13-16-19-22-24-26-27-28-29-30-31-32-33-34-35-36-37-38-39-40-41-42-43-44-46-48-51-54-57-60-63-69(72)75-66-67(65-74-68(71)62-59-56-53-50-47-21-18-15-12-9-6-3)76-70(73)64-61-58-55-52-49-45-25-23-20-17-14-11-8-5-2/h7,10,14,16-17,19,23-26,28-29,31-32,34-35,67H,4-6,8-9,11-13,15,18,20-22,27,30,33,36-66H2,1-3H3/b10-7-,17-14-,19-16-,25-23-,26-24-,29-28-,32-31-,35-34-. The molecule has 436 valence electrons. The lowest BCUT2D eigenvalue weighted by molar-refractivity contribution is -0.167. The van der Waals surface area contributed by atoms with E-state index >= 15 is 0 Å². The van der Waals surface area contributed by atoms with Crippen molar-refractivity contribution in [2.24, 2.45) is 0 Å². The van der Waals surface area contributed by atoms with Gasteiger partial charge in [-0.1, -0.05) is 291 Å². The van der Waals surface area contributed by atoms with Gasteiger partial charge in [0.15, 0.2) is 6.10 Å². The van der Waals surface area contributed by atoms with Gasteiger partial charge in [0.2, 0.25) is 0 Å². The zero-order chi connectivity index (χ0) is 55.0. The number of carbonyl (C=O) groups is 3. The molecule has 0 aromatic rings. The van der Waals surface area contributed by atoms with Crippen LogP contribution in [0.25, 0.3) is 0 Å². The van der Waals surface area contributed by atoms with Crippen LogP contribution in [-0.4, -0.2) is 37.2 Å².